The number of thioether (sulfide) groups is 1. The Hall–Kier alpha value is 0.440. The monoisotopic (exact) mass is 355 g/mol. The van der Waals surface area contributed by atoms with E-state index in [1.807, 2.05) is 18.7 Å². The van der Waals surface area contributed by atoms with Gasteiger partial charge in [0.2, 0.25) is 0 Å². The van der Waals surface area contributed by atoms with Crippen molar-refractivity contribution in [3.63, 3.8) is 0 Å². The highest BCUT2D eigenvalue weighted by Crippen LogP contribution is 2.34. The van der Waals surface area contributed by atoms with Crippen molar-refractivity contribution < 1.29 is 8.42 Å². The van der Waals surface area contributed by atoms with E-state index in [9.17, 15) is 8.42 Å². The number of rotatable bonds is 2. The van der Waals surface area contributed by atoms with Crippen LogP contribution in [0.15, 0.2) is 20.1 Å². The topological polar surface area (TPSA) is 37.4 Å². The fourth-order valence-electron chi connectivity index (χ4n) is 1.82. The van der Waals surface area contributed by atoms with Gasteiger partial charge in [0.1, 0.15) is 4.21 Å². The Morgan fingerprint density at radius 3 is 2.76 bits per heavy atom. The average molecular weight is 356 g/mol. The predicted molar refractivity (Wildman–Crippen MR) is 77.3 cm³/mol. The van der Waals surface area contributed by atoms with E-state index in [0.717, 1.165) is 5.75 Å². The molecule has 1 aromatic rings. The van der Waals surface area contributed by atoms with Crippen molar-refractivity contribution in [1.82, 2.24) is 4.31 Å². The van der Waals surface area contributed by atoms with E-state index in [-0.39, 0.29) is 6.04 Å². The van der Waals surface area contributed by atoms with Crippen molar-refractivity contribution in [2.75, 3.05) is 12.3 Å². The number of hydrogen-bond acceptors (Lipinski definition) is 4. The number of hydrogen-bond donors (Lipinski definition) is 0. The summed E-state index contributed by atoms with van der Waals surface area (Å²) in [5.41, 5.74) is 0. The van der Waals surface area contributed by atoms with Crippen LogP contribution in [0.1, 0.15) is 13.8 Å². The van der Waals surface area contributed by atoms with Crippen LogP contribution in [0.25, 0.3) is 0 Å². The van der Waals surface area contributed by atoms with Crippen molar-refractivity contribution in [2.45, 2.75) is 29.3 Å². The van der Waals surface area contributed by atoms with Crippen molar-refractivity contribution in [2.24, 2.45) is 0 Å². The molecule has 0 spiro atoms. The van der Waals surface area contributed by atoms with E-state index in [4.69, 9.17) is 0 Å². The van der Waals surface area contributed by atoms with Gasteiger partial charge in [0, 0.05) is 28.1 Å². The second-order valence-corrected chi connectivity index (χ2v) is 9.33. The Labute approximate surface area is 119 Å². The first kappa shape index (κ1) is 13.9. The Morgan fingerprint density at radius 1 is 1.47 bits per heavy atom. The molecule has 1 fully saturated rings. The number of thiophene rings is 1. The van der Waals surface area contributed by atoms with Crippen LogP contribution in [0.4, 0.5) is 0 Å². The summed E-state index contributed by atoms with van der Waals surface area (Å²) in [6.45, 7) is 4.67. The van der Waals surface area contributed by atoms with Gasteiger partial charge in [-0.15, -0.1) is 11.3 Å². The van der Waals surface area contributed by atoms with E-state index in [2.05, 4.69) is 22.9 Å². The Bertz CT molecular complexity index is 499. The first-order valence-electron chi connectivity index (χ1n) is 5.31. The highest BCUT2D eigenvalue weighted by molar-refractivity contribution is 9.10. The summed E-state index contributed by atoms with van der Waals surface area (Å²) in [7, 11) is -3.34. The fraction of sp³-hybridized carbons (Fsp3) is 0.600. The minimum Gasteiger partial charge on any atom is -0.206 e. The molecule has 0 radical (unpaired) electrons. The summed E-state index contributed by atoms with van der Waals surface area (Å²) in [5.74, 6) is 0.869. The molecular formula is C10H14BrNO2S3. The molecule has 0 aliphatic carbocycles. The Kier molecular flexibility index (Phi) is 4.24. The van der Waals surface area contributed by atoms with Gasteiger partial charge >= 0.3 is 0 Å². The summed E-state index contributed by atoms with van der Waals surface area (Å²) in [4.78, 5) is 0. The molecular weight excluding hydrogens is 342 g/mol. The third-order valence-electron chi connectivity index (χ3n) is 2.95. The second kappa shape index (κ2) is 5.21. The Balaban J connectivity index is 2.36. The molecule has 96 valence electrons. The van der Waals surface area contributed by atoms with E-state index >= 15 is 0 Å². The molecule has 2 unspecified atom stereocenters. The molecule has 2 atom stereocenters. The maximum atomic E-state index is 12.5. The number of halogens is 1. The molecule has 2 rings (SSSR count). The van der Waals surface area contributed by atoms with Crippen LogP contribution in [-0.4, -0.2) is 36.3 Å². The van der Waals surface area contributed by atoms with Crippen molar-refractivity contribution in [3.8, 4) is 0 Å². The molecule has 3 nitrogen and oxygen atoms in total. The van der Waals surface area contributed by atoms with E-state index < -0.39 is 10.0 Å². The zero-order chi connectivity index (χ0) is 12.6. The van der Waals surface area contributed by atoms with Gasteiger partial charge in [0.15, 0.2) is 0 Å². The van der Waals surface area contributed by atoms with Crippen molar-refractivity contribution >= 4 is 49.1 Å². The normalized spacial score (nSPS) is 27.2. The van der Waals surface area contributed by atoms with Gasteiger partial charge in [0.25, 0.3) is 10.0 Å². The zero-order valence-electron chi connectivity index (χ0n) is 9.59. The van der Waals surface area contributed by atoms with Crippen molar-refractivity contribution in [1.29, 1.82) is 0 Å². The summed E-state index contributed by atoms with van der Waals surface area (Å²) in [6.07, 6.45) is 0. The summed E-state index contributed by atoms with van der Waals surface area (Å²) in [5, 5.41) is 2.14. The molecule has 0 saturated carbocycles. The van der Waals surface area contributed by atoms with Gasteiger partial charge in [-0.25, -0.2) is 8.42 Å². The number of sulfonamides is 1. The lowest BCUT2D eigenvalue weighted by atomic mass is 10.2. The number of nitrogens with zero attached hydrogens (tertiary/aromatic N) is 1. The average Bonchev–Trinajstić information content (AvgIpc) is 2.69. The zero-order valence-corrected chi connectivity index (χ0v) is 13.6. The molecule has 0 amide bonds. The van der Waals surface area contributed by atoms with Crippen LogP contribution in [0, 0.1) is 0 Å². The molecule has 7 heteroatoms. The van der Waals surface area contributed by atoms with Crippen molar-refractivity contribution in [3.05, 3.63) is 15.9 Å². The van der Waals surface area contributed by atoms with Gasteiger partial charge in [-0.05, 0) is 34.3 Å². The SMILES string of the molecule is CC1SCCN(S(=O)(=O)c2sccc2Br)C1C. The van der Waals surface area contributed by atoms with Gasteiger partial charge in [-0.2, -0.15) is 16.1 Å². The lowest BCUT2D eigenvalue weighted by molar-refractivity contribution is 0.341. The molecule has 1 aliphatic heterocycles. The van der Waals surface area contributed by atoms with Crippen LogP contribution >= 0.6 is 39.0 Å². The minimum atomic E-state index is -3.34. The third kappa shape index (κ3) is 2.58. The predicted octanol–water partition coefficient (Wildman–Crippen LogP) is 3.03. The van der Waals surface area contributed by atoms with Gasteiger partial charge in [0.05, 0.1) is 0 Å². The van der Waals surface area contributed by atoms with Crippen LogP contribution in [-0.2, 0) is 10.0 Å². The molecule has 0 N–H and O–H groups in total. The van der Waals surface area contributed by atoms with E-state index in [1.165, 1.54) is 11.3 Å². The quantitative estimate of drug-likeness (QED) is 0.818. The maximum Gasteiger partial charge on any atom is 0.254 e. The standard InChI is InChI=1S/C10H14BrNO2S3/c1-7-8(2)15-6-4-12(7)17(13,14)10-9(11)3-5-16-10/h3,5,7-8H,4,6H2,1-2H3. The van der Waals surface area contributed by atoms with Gasteiger partial charge < -0.3 is 0 Å². The lowest BCUT2D eigenvalue weighted by Gasteiger charge is -2.36. The highest BCUT2D eigenvalue weighted by atomic mass is 79.9. The van der Waals surface area contributed by atoms with Crippen LogP contribution < -0.4 is 0 Å². The molecule has 2 heterocycles. The summed E-state index contributed by atoms with van der Waals surface area (Å²) in [6, 6.07) is 1.83. The molecule has 1 aliphatic rings. The largest absolute Gasteiger partial charge is 0.254 e. The van der Waals surface area contributed by atoms with Crippen LogP contribution in [0.2, 0.25) is 0 Å². The first-order valence-corrected chi connectivity index (χ1v) is 9.47. The summed E-state index contributed by atoms with van der Waals surface area (Å²) < 4.78 is 27.8. The smallest absolute Gasteiger partial charge is 0.206 e. The molecule has 1 aromatic heterocycles. The highest BCUT2D eigenvalue weighted by Gasteiger charge is 2.36. The van der Waals surface area contributed by atoms with Crippen LogP contribution in [0.3, 0.4) is 0 Å². The molecule has 17 heavy (non-hydrogen) atoms. The van der Waals surface area contributed by atoms with Gasteiger partial charge in [-0.1, -0.05) is 6.92 Å². The molecule has 1 saturated heterocycles. The second-order valence-electron chi connectivity index (χ2n) is 3.99. The maximum absolute atomic E-state index is 12.5. The Morgan fingerprint density at radius 2 is 2.18 bits per heavy atom. The fourth-order valence-corrected chi connectivity index (χ4v) is 7.24. The summed E-state index contributed by atoms with van der Waals surface area (Å²) >= 11 is 6.41. The van der Waals surface area contributed by atoms with E-state index in [1.54, 1.807) is 15.8 Å². The lowest BCUT2D eigenvalue weighted by Crippen LogP contribution is -2.47. The first-order chi connectivity index (χ1) is 7.94. The molecule has 0 bridgehead atoms. The van der Waals surface area contributed by atoms with Gasteiger partial charge in [-0.3, -0.25) is 0 Å². The molecule has 0 aromatic carbocycles. The van der Waals surface area contributed by atoms with Crippen LogP contribution in [0.5, 0.6) is 0 Å². The third-order valence-corrected chi connectivity index (χ3v) is 8.92. The van der Waals surface area contributed by atoms with E-state index in [0.29, 0.717) is 20.5 Å². The minimum absolute atomic E-state index is 0.0488.